The molecule has 0 radical (unpaired) electrons. The van der Waals surface area contributed by atoms with Crippen LogP contribution in [-0.4, -0.2) is 48.5 Å². The first-order valence-corrected chi connectivity index (χ1v) is 13.1. The average molecular weight is 549 g/mol. The lowest BCUT2D eigenvalue weighted by Gasteiger charge is -2.17. The maximum atomic E-state index is 14.0. The van der Waals surface area contributed by atoms with E-state index in [-0.39, 0.29) is 17.1 Å². The molecule has 1 N–H and O–H groups in total. The van der Waals surface area contributed by atoms with Crippen LogP contribution in [0.1, 0.15) is 19.4 Å². The number of rotatable bonds is 8. The number of amides is 1. The number of likely N-dealkylation sites (N-methyl/N-ethyl adjacent to an activating group) is 1. The number of sulfonamides is 1. The topological polar surface area (TPSA) is 83.8 Å². The van der Waals surface area contributed by atoms with E-state index in [0.29, 0.717) is 35.3 Å². The number of pyridine rings is 1. The number of alkyl halides is 3. The van der Waals surface area contributed by atoms with Crippen LogP contribution in [0, 0.1) is 5.82 Å². The Hall–Kier alpha value is -3.77. The molecule has 0 aliphatic heterocycles. The minimum absolute atomic E-state index is 0.0797. The Bertz CT molecular complexity index is 1580. The van der Waals surface area contributed by atoms with Crippen LogP contribution in [-0.2, 0) is 21.0 Å². The van der Waals surface area contributed by atoms with Crippen LogP contribution in [0.15, 0.2) is 71.8 Å². The van der Waals surface area contributed by atoms with E-state index in [1.807, 2.05) is 18.6 Å². The van der Waals surface area contributed by atoms with Crippen LogP contribution in [0.25, 0.3) is 27.9 Å². The Morgan fingerprint density at radius 1 is 1.00 bits per heavy atom. The molecule has 0 atom stereocenters. The van der Waals surface area contributed by atoms with Crippen LogP contribution in [0.4, 0.5) is 17.6 Å². The lowest BCUT2D eigenvalue weighted by atomic mass is 9.99. The fourth-order valence-electron chi connectivity index (χ4n) is 4.03. The summed E-state index contributed by atoms with van der Waals surface area (Å²) < 4.78 is 82.5. The number of nitrogens with zero attached hydrogens (tertiary/aromatic N) is 3. The summed E-state index contributed by atoms with van der Waals surface area (Å²) >= 11 is 0. The van der Waals surface area contributed by atoms with Gasteiger partial charge in [-0.2, -0.15) is 18.3 Å². The van der Waals surface area contributed by atoms with Gasteiger partial charge in [-0.25, -0.2) is 22.0 Å². The Balaban J connectivity index is 1.75. The van der Waals surface area contributed by atoms with E-state index in [2.05, 4.69) is 5.10 Å². The summed E-state index contributed by atoms with van der Waals surface area (Å²) in [6.07, 6.45) is -3.75. The number of carbonyl (C=O) groups is 1. The third-order valence-corrected chi connectivity index (χ3v) is 7.41. The van der Waals surface area contributed by atoms with Crippen LogP contribution < -0.4 is 4.72 Å². The molecule has 0 saturated carbocycles. The summed E-state index contributed by atoms with van der Waals surface area (Å²) in [5, 5.41) is 4.30. The lowest BCUT2D eigenvalue weighted by molar-refractivity contribution is -0.138. The number of carbonyl (C=O) groups excluding carboxylic acids is 1. The molecule has 7 nitrogen and oxygen atoms in total. The first kappa shape index (κ1) is 27.3. The summed E-state index contributed by atoms with van der Waals surface area (Å²) in [4.78, 5) is 13.8. The smallest absolute Gasteiger partial charge is 0.295 e. The van der Waals surface area contributed by atoms with Crippen molar-refractivity contribution in [3.05, 3.63) is 78.2 Å². The molecule has 12 heteroatoms. The SMILES string of the molecule is CCN(CC)CC(=O)NS(=O)(=O)c1ccc(-c2c(-c3cccc(F)c3)nn3cc(C(F)(F)F)ccc23)cc1. The summed E-state index contributed by atoms with van der Waals surface area (Å²) in [6, 6.07) is 13.1. The predicted octanol–water partition coefficient (Wildman–Crippen LogP) is 4.97. The van der Waals surface area contributed by atoms with Gasteiger partial charge in [0.1, 0.15) is 11.5 Å². The molecule has 2 aromatic heterocycles. The molecule has 1 amide bonds. The van der Waals surface area contributed by atoms with Crippen molar-refractivity contribution in [3.63, 3.8) is 0 Å². The molecule has 4 rings (SSSR count). The van der Waals surface area contributed by atoms with Gasteiger partial charge in [-0.15, -0.1) is 0 Å². The highest BCUT2D eigenvalue weighted by atomic mass is 32.2. The van der Waals surface area contributed by atoms with E-state index in [1.54, 1.807) is 11.0 Å². The van der Waals surface area contributed by atoms with Crippen molar-refractivity contribution in [1.82, 2.24) is 19.2 Å². The Morgan fingerprint density at radius 2 is 1.68 bits per heavy atom. The van der Waals surface area contributed by atoms with Gasteiger partial charge >= 0.3 is 6.18 Å². The molecule has 0 aliphatic carbocycles. The third kappa shape index (κ3) is 5.70. The second kappa shape index (κ2) is 10.5. The standard InChI is InChI=1S/C26H24F4N4O3S/c1-3-33(4-2)16-23(35)32-38(36,37)21-11-8-17(9-12-21)24-22-13-10-19(26(28,29)30)15-34(22)31-25(24)18-6-5-7-20(27)14-18/h5-15H,3-4,16H2,1-2H3,(H,32,35). The average Bonchev–Trinajstić information content (AvgIpc) is 3.25. The van der Waals surface area contributed by atoms with Crippen molar-refractivity contribution in [3.8, 4) is 22.4 Å². The van der Waals surface area contributed by atoms with Crippen LogP contribution in [0.2, 0.25) is 0 Å². The highest BCUT2D eigenvalue weighted by Gasteiger charge is 2.31. The normalized spacial score (nSPS) is 12.3. The van der Waals surface area contributed by atoms with Gasteiger partial charge in [0.05, 0.1) is 22.5 Å². The van der Waals surface area contributed by atoms with Gasteiger partial charge in [-0.3, -0.25) is 9.69 Å². The van der Waals surface area contributed by atoms with Gasteiger partial charge in [0.25, 0.3) is 10.0 Å². The van der Waals surface area contributed by atoms with E-state index in [0.717, 1.165) is 16.8 Å². The van der Waals surface area contributed by atoms with Gasteiger partial charge in [-0.1, -0.05) is 38.1 Å². The van der Waals surface area contributed by atoms with Crippen molar-refractivity contribution in [2.75, 3.05) is 19.6 Å². The Morgan fingerprint density at radius 3 is 2.29 bits per heavy atom. The second-order valence-electron chi connectivity index (χ2n) is 8.49. The van der Waals surface area contributed by atoms with Crippen molar-refractivity contribution < 1.29 is 30.8 Å². The van der Waals surface area contributed by atoms with Crippen LogP contribution in [0.3, 0.4) is 0 Å². The van der Waals surface area contributed by atoms with Crippen molar-refractivity contribution in [2.45, 2.75) is 24.9 Å². The second-order valence-corrected chi connectivity index (χ2v) is 10.2. The number of aromatic nitrogens is 2. The number of benzene rings is 2. The molecular formula is C26H24F4N4O3S. The molecule has 2 heterocycles. The maximum Gasteiger partial charge on any atom is 0.417 e. The number of hydrogen-bond acceptors (Lipinski definition) is 5. The lowest BCUT2D eigenvalue weighted by Crippen LogP contribution is -2.39. The number of nitrogens with one attached hydrogen (secondary N) is 1. The molecule has 38 heavy (non-hydrogen) atoms. The van der Waals surface area contributed by atoms with Gasteiger partial charge < -0.3 is 0 Å². The van der Waals surface area contributed by atoms with Crippen molar-refractivity contribution in [2.24, 2.45) is 0 Å². The van der Waals surface area contributed by atoms with Crippen LogP contribution >= 0.6 is 0 Å². The van der Waals surface area contributed by atoms with E-state index >= 15 is 0 Å². The molecule has 0 saturated heterocycles. The zero-order valence-electron chi connectivity index (χ0n) is 20.5. The van der Waals surface area contributed by atoms with Crippen molar-refractivity contribution >= 4 is 21.4 Å². The minimum atomic E-state index is -4.59. The fraction of sp³-hybridized carbons (Fsp3) is 0.231. The monoisotopic (exact) mass is 548 g/mol. The van der Waals surface area contributed by atoms with Gasteiger partial charge in [0, 0.05) is 17.3 Å². The molecule has 4 aromatic rings. The molecule has 0 aliphatic rings. The number of fused-ring (bicyclic) bond motifs is 1. The molecule has 0 fully saturated rings. The quantitative estimate of drug-likeness (QED) is 0.314. The third-order valence-electron chi connectivity index (χ3n) is 6.02. The van der Waals surface area contributed by atoms with Gasteiger partial charge in [-0.05, 0) is 55.1 Å². The molecule has 2 aromatic carbocycles. The first-order chi connectivity index (χ1) is 17.9. The van der Waals surface area contributed by atoms with E-state index < -0.39 is 33.5 Å². The van der Waals surface area contributed by atoms with E-state index in [4.69, 9.17) is 0 Å². The maximum absolute atomic E-state index is 14.0. The molecule has 200 valence electrons. The summed E-state index contributed by atoms with van der Waals surface area (Å²) in [5.74, 6) is -1.22. The predicted molar refractivity (Wildman–Crippen MR) is 134 cm³/mol. The van der Waals surface area contributed by atoms with Gasteiger partial charge in [0.15, 0.2) is 0 Å². The van der Waals surface area contributed by atoms with Gasteiger partial charge in [0.2, 0.25) is 5.91 Å². The molecule has 0 bridgehead atoms. The molecular weight excluding hydrogens is 524 g/mol. The zero-order valence-corrected chi connectivity index (χ0v) is 21.3. The summed E-state index contributed by atoms with van der Waals surface area (Å²) in [5.41, 5.74) is 0.767. The highest BCUT2D eigenvalue weighted by Crippen LogP contribution is 2.37. The largest absolute Gasteiger partial charge is 0.417 e. The van der Waals surface area contributed by atoms with E-state index in [9.17, 15) is 30.8 Å². The minimum Gasteiger partial charge on any atom is -0.295 e. The van der Waals surface area contributed by atoms with Crippen LogP contribution in [0.5, 0.6) is 0 Å². The molecule has 0 spiro atoms. The fourth-order valence-corrected chi connectivity index (χ4v) is 5.01. The van der Waals surface area contributed by atoms with Crippen molar-refractivity contribution in [1.29, 1.82) is 0 Å². The summed E-state index contributed by atoms with van der Waals surface area (Å²) in [6.45, 7) is 4.79. The Labute approximate surface area is 216 Å². The number of halogens is 4. The van der Waals surface area contributed by atoms with E-state index in [1.165, 1.54) is 48.5 Å². The molecule has 0 unspecified atom stereocenters. The zero-order chi connectivity index (χ0) is 27.7. The first-order valence-electron chi connectivity index (χ1n) is 11.7. The summed E-state index contributed by atoms with van der Waals surface area (Å²) in [7, 11) is -4.16. The highest BCUT2D eigenvalue weighted by molar-refractivity contribution is 7.90. The Kier molecular flexibility index (Phi) is 7.56. The number of hydrogen-bond donors (Lipinski definition) is 1.